The number of hydrazone groups is 1. The highest BCUT2D eigenvalue weighted by atomic mass is 32.1. The van der Waals surface area contributed by atoms with Crippen molar-refractivity contribution in [1.82, 2.24) is 5.43 Å². The molecule has 0 fully saturated rings. The van der Waals surface area contributed by atoms with Crippen LogP contribution >= 0.6 is 12.2 Å². The minimum Gasteiger partial charge on any atom is -0.455 e. The van der Waals surface area contributed by atoms with Crippen LogP contribution in [-0.4, -0.2) is 11.3 Å². The monoisotopic (exact) mass is 389 g/mol. The Hall–Kier alpha value is -3.13. The summed E-state index contributed by atoms with van der Waals surface area (Å²) in [6, 6.07) is 17.5. The molecule has 2 aromatic carbocycles. The third-order valence-corrected chi connectivity index (χ3v) is 3.68. The van der Waals surface area contributed by atoms with Crippen molar-refractivity contribution in [3.63, 3.8) is 0 Å². The Morgan fingerprint density at radius 3 is 2.52 bits per heavy atom. The van der Waals surface area contributed by atoms with E-state index in [1.54, 1.807) is 18.2 Å². The Bertz CT molecular complexity index is 952. The van der Waals surface area contributed by atoms with E-state index in [1.807, 2.05) is 30.3 Å². The molecule has 1 heterocycles. The fraction of sp³-hybridized carbons (Fsp3) is 0.0526. The quantitative estimate of drug-likeness (QED) is 0.362. The Morgan fingerprint density at radius 1 is 1.00 bits per heavy atom. The van der Waals surface area contributed by atoms with Gasteiger partial charge in [0.05, 0.1) is 11.8 Å². The molecule has 0 spiro atoms. The van der Waals surface area contributed by atoms with Crippen LogP contribution < -0.4 is 10.7 Å². The molecule has 0 aliphatic carbocycles. The number of furan rings is 1. The zero-order valence-electron chi connectivity index (χ0n) is 13.8. The van der Waals surface area contributed by atoms with Gasteiger partial charge in [0.25, 0.3) is 0 Å². The van der Waals surface area contributed by atoms with Crippen LogP contribution in [0.5, 0.6) is 0 Å². The maximum Gasteiger partial charge on any atom is 0.416 e. The van der Waals surface area contributed by atoms with E-state index in [2.05, 4.69) is 15.8 Å². The number of halogens is 3. The number of alkyl halides is 3. The van der Waals surface area contributed by atoms with Gasteiger partial charge in [-0.3, -0.25) is 5.43 Å². The van der Waals surface area contributed by atoms with Gasteiger partial charge in [0.2, 0.25) is 0 Å². The summed E-state index contributed by atoms with van der Waals surface area (Å²) in [6.45, 7) is 0. The lowest BCUT2D eigenvalue weighted by Gasteiger charge is -2.07. The van der Waals surface area contributed by atoms with Crippen molar-refractivity contribution in [3.05, 3.63) is 78.1 Å². The van der Waals surface area contributed by atoms with Crippen molar-refractivity contribution in [2.75, 3.05) is 5.32 Å². The number of hydrogen-bond acceptors (Lipinski definition) is 3. The van der Waals surface area contributed by atoms with E-state index < -0.39 is 11.7 Å². The Kier molecular flexibility index (Phi) is 5.56. The molecule has 4 nitrogen and oxygen atoms in total. The van der Waals surface area contributed by atoms with E-state index in [1.165, 1.54) is 12.3 Å². The van der Waals surface area contributed by atoms with Gasteiger partial charge in [-0.1, -0.05) is 30.3 Å². The molecule has 0 saturated heterocycles. The Labute approximate surface area is 158 Å². The van der Waals surface area contributed by atoms with Crippen molar-refractivity contribution < 1.29 is 17.6 Å². The zero-order valence-corrected chi connectivity index (χ0v) is 14.6. The highest BCUT2D eigenvalue weighted by Crippen LogP contribution is 2.32. The van der Waals surface area contributed by atoms with Crippen LogP contribution in [0.1, 0.15) is 11.3 Å². The number of rotatable bonds is 4. The number of thiocarbonyl (C=S) groups is 1. The number of para-hydroxylation sites is 1. The molecule has 0 atom stereocenters. The molecule has 1 aromatic heterocycles. The first-order valence-electron chi connectivity index (χ1n) is 7.84. The van der Waals surface area contributed by atoms with Gasteiger partial charge in [0, 0.05) is 11.3 Å². The number of hydrogen-bond donors (Lipinski definition) is 2. The van der Waals surface area contributed by atoms with Crippen LogP contribution in [-0.2, 0) is 6.18 Å². The van der Waals surface area contributed by atoms with E-state index in [0.29, 0.717) is 22.2 Å². The summed E-state index contributed by atoms with van der Waals surface area (Å²) in [5.74, 6) is 0.685. The largest absolute Gasteiger partial charge is 0.455 e. The summed E-state index contributed by atoms with van der Waals surface area (Å²) in [4.78, 5) is 0. The van der Waals surface area contributed by atoms with Crippen molar-refractivity contribution in [2.45, 2.75) is 6.18 Å². The summed E-state index contributed by atoms with van der Waals surface area (Å²) in [7, 11) is 0. The van der Waals surface area contributed by atoms with E-state index in [-0.39, 0.29) is 0 Å². The summed E-state index contributed by atoms with van der Waals surface area (Å²) in [5.41, 5.74) is 3.05. The van der Waals surface area contributed by atoms with Crippen molar-refractivity contribution in [2.24, 2.45) is 5.10 Å². The fourth-order valence-electron chi connectivity index (χ4n) is 2.26. The molecule has 2 N–H and O–H groups in total. The number of benzene rings is 2. The Morgan fingerprint density at radius 2 is 1.78 bits per heavy atom. The molecule has 0 aliphatic rings. The van der Waals surface area contributed by atoms with Crippen molar-refractivity contribution >= 4 is 29.2 Å². The lowest BCUT2D eigenvalue weighted by molar-refractivity contribution is -0.137. The average molecular weight is 389 g/mol. The third kappa shape index (κ3) is 5.18. The molecule has 0 unspecified atom stereocenters. The first-order chi connectivity index (χ1) is 12.9. The first-order valence-corrected chi connectivity index (χ1v) is 8.25. The van der Waals surface area contributed by atoms with Gasteiger partial charge in [-0.05, 0) is 48.6 Å². The van der Waals surface area contributed by atoms with Gasteiger partial charge >= 0.3 is 6.18 Å². The SMILES string of the molecule is FC(F)(F)c1cccc(-c2ccc(/C=N/NC(=S)Nc3ccccc3)o2)c1. The van der Waals surface area contributed by atoms with E-state index in [0.717, 1.165) is 17.8 Å². The molecule has 138 valence electrons. The van der Waals surface area contributed by atoms with Gasteiger partial charge in [0.1, 0.15) is 11.5 Å². The lowest BCUT2D eigenvalue weighted by Crippen LogP contribution is -2.23. The number of nitrogens with zero attached hydrogens (tertiary/aromatic N) is 1. The van der Waals surface area contributed by atoms with Gasteiger partial charge < -0.3 is 9.73 Å². The molecule has 0 bridgehead atoms. The molecule has 3 rings (SSSR count). The molecule has 0 amide bonds. The van der Waals surface area contributed by atoms with Crippen LogP contribution in [0.3, 0.4) is 0 Å². The molecular formula is C19H14F3N3OS. The normalized spacial score (nSPS) is 11.5. The summed E-state index contributed by atoms with van der Waals surface area (Å²) >= 11 is 5.11. The molecule has 8 heteroatoms. The average Bonchev–Trinajstić information content (AvgIpc) is 3.11. The minimum atomic E-state index is -4.40. The Balaban J connectivity index is 1.62. The predicted octanol–water partition coefficient (Wildman–Crippen LogP) is 5.29. The second-order valence-corrected chi connectivity index (χ2v) is 5.88. The third-order valence-electron chi connectivity index (χ3n) is 3.49. The maximum atomic E-state index is 12.8. The van der Waals surface area contributed by atoms with Crippen molar-refractivity contribution in [1.29, 1.82) is 0 Å². The van der Waals surface area contributed by atoms with E-state index in [9.17, 15) is 13.2 Å². The standard InChI is InChI=1S/C19H14F3N3OS/c20-19(21,22)14-6-4-5-13(11-14)17-10-9-16(26-17)12-23-25-18(27)24-15-7-2-1-3-8-15/h1-12H,(H2,24,25,27)/b23-12+. The summed E-state index contributed by atoms with van der Waals surface area (Å²) in [6.07, 6.45) is -3.02. The predicted molar refractivity (Wildman–Crippen MR) is 103 cm³/mol. The minimum absolute atomic E-state index is 0.294. The fourth-order valence-corrected chi connectivity index (χ4v) is 2.43. The highest BCUT2D eigenvalue weighted by molar-refractivity contribution is 7.80. The molecular weight excluding hydrogens is 375 g/mol. The van der Waals surface area contributed by atoms with Crippen LogP contribution in [0.25, 0.3) is 11.3 Å². The van der Waals surface area contributed by atoms with Crippen LogP contribution in [0.4, 0.5) is 18.9 Å². The zero-order chi connectivity index (χ0) is 19.3. The number of anilines is 1. The van der Waals surface area contributed by atoms with Crippen molar-refractivity contribution in [3.8, 4) is 11.3 Å². The van der Waals surface area contributed by atoms with Crippen LogP contribution in [0.2, 0.25) is 0 Å². The molecule has 0 saturated carbocycles. The van der Waals surface area contributed by atoms with Crippen LogP contribution in [0, 0.1) is 0 Å². The molecule has 27 heavy (non-hydrogen) atoms. The van der Waals surface area contributed by atoms with E-state index >= 15 is 0 Å². The molecule has 0 radical (unpaired) electrons. The second-order valence-electron chi connectivity index (χ2n) is 5.47. The number of nitrogens with one attached hydrogen (secondary N) is 2. The van der Waals surface area contributed by atoms with Gasteiger partial charge in [-0.25, -0.2) is 0 Å². The maximum absolute atomic E-state index is 12.8. The summed E-state index contributed by atoms with van der Waals surface area (Å²) in [5, 5.41) is 7.19. The lowest BCUT2D eigenvalue weighted by atomic mass is 10.1. The topological polar surface area (TPSA) is 49.6 Å². The molecule has 3 aromatic rings. The smallest absolute Gasteiger partial charge is 0.416 e. The van der Waals surface area contributed by atoms with Gasteiger partial charge in [-0.15, -0.1) is 0 Å². The highest BCUT2D eigenvalue weighted by Gasteiger charge is 2.30. The molecule has 0 aliphatic heterocycles. The van der Waals surface area contributed by atoms with E-state index in [4.69, 9.17) is 16.6 Å². The van der Waals surface area contributed by atoms with Gasteiger partial charge in [0.15, 0.2) is 5.11 Å². The van der Waals surface area contributed by atoms with Crippen LogP contribution in [0.15, 0.2) is 76.2 Å². The summed E-state index contributed by atoms with van der Waals surface area (Å²) < 4.78 is 43.9. The van der Waals surface area contributed by atoms with Gasteiger partial charge in [-0.2, -0.15) is 18.3 Å². The second kappa shape index (κ2) is 8.05. The first kappa shape index (κ1) is 18.7.